The van der Waals surface area contributed by atoms with E-state index in [0.717, 1.165) is 5.75 Å². The SMILES string of the molecule is COc1ccc(NC(=O)c2ccnc(NCCc3ccccc3F)c2)cc1. The molecule has 0 aliphatic heterocycles. The fourth-order valence-corrected chi connectivity index (χ4v) is 2.57. The summed E-state index contributed by atoms with van der Waals surface area (Å²) in [7, 11) is 1.59. The molecule has 5 nitrogen and oxygen atoms in total. The van der Waals surface area contributed by atoms with E-state index in [1.807, 2.05) is 0 Å². The molecule has 0 radical (unpaired) electrons. The summed E-state index contributed by atoms with van der Waals surface area (Å²) in [5.41, 5.74) is 1.79. The van der Waals surface area contributed by atoms with E-state index >= 15 is 0 Å². The van der Waals surface area contributed by atoms with E-state index in [1.165, 1.54) is 6.07 Å². The van der Waals surface area contributed by atoms with Crippen LogP contribution in [0.3, 0.4) is 0 Å². The molecule has 0 saturated heterocycles. The van der Waals surface area contributed by atoms with Gasteiger partial charge >= 0.3 is 0 Å². The van der Waals surface area contributed by atoms with Crippen LogP contribution in [-0.4, -0.2) is 24.5 Å². The monoisotopic (exact) mass is 365 g/mol. The first-order chi connectivity index (χ1) is 13.2. The first-order valence-electron chi connectivity index (χ1n) is 8.54. The molecule has 1 heterocycles. The quantitative estimate of drug-likeness (QED) is 0.661. The number of methoxy groups -OCH3 is 1. The molecule has 0 spiro atoms. The first kappa shape index (κ1) is 18.4. The van der Waals surface area contributed by atoms with Gasteiger partial charge in [-0.2, -0.15) is 0 Å². The summed E-state index contributed by atoms with van der Waals surface area (Å²) < 4.78 is 18.7. The summed E-state index contributed by atoms with van der Waals surface area (Å²) in [5.74, 6) is 0.826. The van der Waals surface area contributed by atoms with Gasteiger partial charge in [-0.1, -0.05) is 18.2 Å². The number of benzene rings is 2. The molecule has 2 aromatic carbocycles. The lowest BCUT2D eigenvalue weighted by atomic mass is 10.1. The molecule has 1 amide bonds. The van der Waals surface area contributed by atoms with Crippen LogP contribution in [0.4, 0.5) is 15.9 Å². The molecule has 1 aromatic heterocycles. The summed E-state index contributed by atoms with van der Waals surface area (Å²) >= 11 is 0. The van der Waals surface area contributed by atoms with Crippen molar-refractivity contribution in [1.82, 2.24) is 4.98 Å². The predicted octanol–water partition coefficient (Wildman–Crippen LogP) is 4.14. The van der Waals surface area contributed by atoms with Gasteiger partial charge in [0.15, 0.2) is 0 Å². The number of nitrogens with one attached hydrogen (secondary N) is 2. The van der Waals surface area contributed by atoms with Crippen molar-refractivity contribution in [3.8, 4) is 5.75 Å². The molecule has 0 fully saturated rings. The van der Waals surface area contributed by atoms with Gasteiger partial charge in [0.25, 0.3) is 5.91 Å². The topological polar surface area (TPSA) is 63.2 Å². The Labute approximate surface area is 157 Å². The van der Waals surface area contributed by atoms with Crippen molar-refractivity contribution in [2.75, 3.05) is 24.3 Å². The number of carbonyl (C=O) groups is 1. The van der Waals surface area contributed by atoms with Crippen molar-refractivity contribution in [2.24, 2.45) is 0 Å². The Hall–Kier alpha value is -3.41. The highest BCUT2D eigenvalue weighted by Crippen LogP contribution is 2.16. The largest absolute Gasteiger partial charge is 0.497 e. The Morgan fingerprint density at radius 3 is 2.63 bits per heavy atom. The normalized spacial score (nSPS) is 10.3. The minimum absolute atomic E-state index is 0.222. The number of aromatic nitrogens is 1. The molecule has 0 saturated carbocycles. The molecule has 0 aliphatic rings. The van der Waals surface area contributed by atoms with Gasteiger partial charge in [-0.25, -0.2) is 9.37 Å². The second kappa shape index (κ2) is 8.80. The van der Waals surface area contributed by atoms with Crippen LogP contribution in [0.25, 0.3) is 0 Å². The average molecular weight is 365 g/mol. The van der Waals surface area contributed by atoms with Gasteiger partial charge in [0.05, 0.1) is 7.11 Å². The number of halogens is 1. The van der Waals surface area contributed by atoms with E-state index in [2.05, 4.69) is 15.6 Å². The van der Waals surface area contributed by atoms with Gasteiger partial charge in [0.2, 0.25) is 0 Å². The van der Waals surface area contributed by atoms with Gasteiger partial charge in [-0.05, 0) is 54.4 Å². The van der Waals surface area contributed by atoms with Crippen molar-refractivity contribution < 1.29 is 13.9 Å². The van der Waals surface area contributed by atoms with Gasteiger partial charge in [0.1, 0.15) is 17.4 Å². The number of carbonyl (C=O) groups excluding carboxylic acids is 1. The van der Waals surface area contributed by atoms with Crippen LogP contribution in [0.1, 0.15) is 15.9 Å². The molecule has 27 heavy (non-hydrogen) atoms. The summed E-state index contributed by atoms with van der Waals surface area (Å²) in [6.07, 6.45) is 2.09. The first-order valence-corrected chi connectivity index (χ1v) is 8.54. The third-order valence-corrected chi connectivity index (χ3v) is 4.03. The number of ether oxygens (including phenoxy) is 1. The summed E-state index contributed by atoms with van der Waals surface area (Å²) in [5, 5.41) is 5.95. The highest BCUT2D eigenvalue weighted by molar-refractivity contribution is 6.04. The van der Waals surface area contributed by atoms with Crippen molar-refractivity contribution in [3.63, 3.8) is 0 Å². The van der Waals surface area contributed by atoms with Gasteiger partial charge in [-0.3, -0.25) is 4.79 Å². The number of amides is 1. The maximum Gasteiger partial charge on any atom is 0.255 e. The molecule has 2 N–H and O–H groups in total. The van der Waals surface area contributed by atoms with Gasteiger partial charge < -0.3 is 15.4 Å². The molecule has 3 aromatic rings. The van der Waals surface area contributed by atoms with E-state index in [9.17, 15) is 9.18 Å². The maximum atomic E-state index is 13.6. The fraction of sp³-hybridized carbons (Fsp3) is 0.143. The minimum atomic E-state index is -0.236. The Morgan fingerprint density at radius 2 is 1.89 bits per heavy atom. The summed E-state index contributed by atoms with van der Waals surface area (Å²) in [4.78, 5) is 16.6. The van der Waals surface area contributed by atoms with E-state index in [-0.39, 0.29) is 11.7 Å². The van der Waals surface area contributed by atoms with E-state index < -0.39 is 0 Å². The molecule has 3 rings (SSSR count). The van der Waals surface area contributed by atoms with Crippen LogP contribution in [0, 0.1) is 5.82 Å². The highest BCUT2D eigenvalue weighted by atomic mass is 19.1. The Kier molecular flexibility index (Phi) is 5.99. The van der Waals surface area contributed by atoms with Crippen molar-refractivity contribution in [1.29, 1.82) is 0 Å². The van der Waals surface area contributed by atoms with Crippen LogP contribution >= 0.6 is 0 Å². The van der Waals surface area contributed by atoms with E-state index in [0.29, 0.717) is 35.6 Å². The summed E-state index contributed by atoms with van der Waals surface area (Å²) in [6.45, 7) is 0.511. The summed E-state index contributed by atoms with van der Waals surface area (Å²) in [6, 6.07) is 17.1. The molecule has 0 atom stereocenters. The Balaban J connectivity index is 1.59. The molecular formula is C21H20FN3O2. The van der Waals surface area contributed by atoms with Crippen LogP contribution in [0.15, 0.2) is 66.9 Å². The number of rotatable bonds is 7. The van der Waals surface area contributed by atoms with Crippen LogP contribution < -0.4 is 15.4 Å². The molecule has 0 aliphatic carbocycles. The lowest BCUT2D eigenvalue weighted by Crippen LogP contribution is -2.13. The predicted molar refractivity (Wildman–Crippen MR) is 104 cm³/mol. The molecule has 0 unspecified atom stereocenters. The zero-order valence-corrected chi connectivity index (χ0v) is 14.9. The van der Waals surface area contributed by atoms with Gasteiger partial charge in [0, 0.05) is 24.0 Å². The Morgan fingerprint density at radius 1 is 1.11 bits per heavy atom. The average Bonchev–Trinajstić information content (AvgIpc) is 2.70. The number of pyridine rings is 1. The smallest absolute Gasteiger partial charge is 0.255 e. The van der Waals surface area contributed by atoms with Crippen LogP contribution in [-0.2, 0) is 6.42 Å². The second-order valence-electron chi connectivity index (χ2n) is 5.88. The molecule has 6 heteroatoms. The zero-order chi connectivity index (χ0) is 19.1. The van der Waals surface area contributed by atoms with Crippen LogP contribution in [0.5, 0.6) is 5.75 Å². The number of anilines is 2. The van der Waals surface area contributed by atoms with Crippen LogP contribution in [0.2, 0.25) is 0 Å². The maximum absolute atomic E-state index is 13.6. The van der Waals surface area contributed by atoms with Gasteiger partial charge in [-0.15, -0.1) is 0 Å². The molecule has 138 valence electrons. The minimum Gasteiger partial charge on any atom is -0.497 e. The molecule has 0 bridgehead atoms. The third-order valence-electron chi connectivity index (χ3n) is 4.03. The standard InChI is InChI=1S/C21H20FN3O2/c1-27-18-8-6-17(7-9-18)25-21(26)16-11-13-24-20(14-16)23-12-10-15-4-2-3-5-19(15)22/h2-9,11,13-14H,10,12H2,1H3,(H,23,24)(H,25,26). The van der Waals surface area contributed by atoms with Crippen molar-refractivity contribution >= 4 is 17.4 Å². The zero-order valence-electron chi connectivity index (χ0n) is 14.9. The third kappa shape index (κ3) is 5.04. The highest BCUT2D eigenvalue weighted by Gasteiger charge is 2.08. The lowest BCUT2D eigenvalue weighted by molar-refractivity contribution is 0.102. The number of hydrogen-bond donors (Lipinski definition) is 2. The van der Waals surface area contributed by atoms with E-state index in [1.54, 1.807) is 67.9 Å². The second-order valence-corrected chi connectivity index (χ2v) is 5.88. The lowest BCUT2D eigenvalue weighted by Gasteiger charge is -2.09. The number of hydrogen-bond acceptors (Lipinski definition) is 4. The van der Waals surface area contributed by atoms with Crippen molar-refractivity contribution in [3.05, 3.63) is 83.8 Å². The fourth-order valence-electron chi connectivity index (χ4n) is 2.57. The number of nitrogens with zero attached hydrogens (tertiary/aromatic N) is 1. The van der Waals surface area contributed by atoms with E-state index in [4.69, 9.17) is 4.74 Å². The Bertz CT molecular complexity index is 913. The van der Waals surface area contributed by atoms with Crippen molar-refractivity contribution in [2.45, 2.75) is 6.42 Å². The molecular weight excluding hydrogens is 345 g/mol.